The summed E-state index contributed by atoms with van der Waals surface area (Å²) in [6.45, 7) is 1.24. The number of anilines is 2. The Kier molecular flexibility index (Phi) is 5.69. The summed E-state index contributed by atoms with van der Waals surface area (Å²) in [6.07, 6.45) is -1.69. The van der Waals surface area contributed by atoms with Crippen LogP contribution in [0.5, 0.6) is 0 Å². The molecule has 2 aromatic rings. The molecular weight excluding hydrogens is 477 g/mol. The second-order valence-electron chi connectivity index (χ2n) is 9.23. The molecule has 2 aromatic carbocycles. The van der Waals surface area contributed by atoms with E-state index in [2.05, 4.69) is 11.4 Å². The summed E-state index contributed by atoms with van der Waals surface area (Å²) < 4.78 is 43.5. The maximum absolute atomic E-state index is 13.1. The number of nitrogens with one attached hydrogen (secondary N) is 1. The number of imide groups is 1. The number of amides is 3. The molecule has 1 aliphatic heterocycles. The fourth-order valence-corrected chi connectivity index (χ4v) is 5.49. The van der Waals surface area contributed by atoms with Crippen molar-refractivity contribution < 1.29 is 37.1 Å². The van der Waals surface area contributed by atoms with Gasteiger partial charge in [-0.25, -0.2) is 9.69 Å². The fraction of sp³-hybridized carbons (Fsp3) is 0.308. The molecule has 3 aliphatic rings. The molecule has 186 valence electrons. The standard InChI is InChI=1S/C26H21F3N2O5/c1-13-8-15-10-19(13)22-21(15)23(33)31(24(22)34)18-7-2-4-14(9-18)25(35)36-12-20(32)30-17-6-3-5-16(11-17)26(27,28)29/h2-9,11,15,19,21-22H,10,12H2,1H3,(H,30,32)/t15-,19+,21-,22+/m0/s1. The van der Waals surface area contributed by atoms with Crippen molar-refractivity contribution in [1.82, 2.24) is 0 Å². The normalized spacial score (nSPS) is 24.6. The quantitative estimate of drug-likeness (QED) is 0.379. The van der Waals surface area contributed by atoms with Crippen molar-refractivity contribution in [3.05, 3.63) is 71.3 Å². The molecule has 7 nitrogen and oxygen atoms in total. The first kappa shape index (κ1) is 23.8. The summed E-state index contributed by atoms with van der Waals surface area (Å²) in [5.41, 5.74) is 0.380. The average Bonchev–Trinajstić information content (AvgIpc) is 3.47. The van der Waals surface area contributed by atoms with Gasteiger partial charge in [-0.1, -0.05) is 23.8 Å². The Bertz CT molecular complexity index is 1320. The van der Waals surface area contributed by atoms with Gasteiger partial charge in [-0.2, -0.15) is 13.2 Å². The lowest BCUT2D eigenvalue weighted by Crippen LogP contribution is -2.33. The number of hydrogen-bond donors (Lipinski definition) is 1. The number of alkyl halides is 3. The average molecular weight is 498 g/mol. The van der Waals surface area contributed by atoms with Gasteiger partial charge in [-0.15, -0.1) is 0 Å². The van der Waals surface area contributed by atoms with E-state index in [1.54, 1.807) is 6.07 Å². The van der Waals surface area contributed by atoms with Crippen LogP contribution in [-0.2, 0) is 25.3 Å². The van der Waals surface area contributed by atoms with Gasteiger partial charge in [0.15, 0.2) is 6.61 Å². The van der Waals surface area contributed by atoms with E-state index in [1.165, 1.54) is 24.3 Å². The van der Waals surface area contributed by atoms with E-state index < -0.39 is 30.2 Å². The highest BCUT2D eigenvalue weighted by molar-refractivity contribution is 6.23. The number of halogens is 3. The van der Waals surface area contributed by atoms with Gasteiger partial charge in [0.2, 0.25) is 11.8 Å². The largest absolute Gasteiger partial charge is 0.452 e. The number of esters is 1. The van der Waals surface area contributed by atoms with Crippen LogP contribution < -0.4 is 10.2 Å². The monoisotopic (exact) mass is 498 g/mol. The van der Waals surface area contributed by atoms with Crippen molar-refractivity contribution in [2.75, 3.05) is 16.8 Å². The van der Waals surface area contributed by atoms with E-state index in [-0.39, 0.29) is 52.4 Å². The van der Waals surface area contributed by atoms with E-state index in [4.69, 9.17) is 4.74 Å². The van der Waals surface area contributed by atoms with Crippen LogP contribution >= 0.6 is 0 Å². The number of nitrogens with zero attached hydrogens (tertiary/aromatic N) is 1. The van der Waals surface area contributed by atoms with Gasteiger partial charge in [-0.3, -0.25) is 14.4 Å². The van der Waals surface area contributed by atoms with Crippen LogP contribution in [0.25, 0.3) is 0 Å². The van der Waals surface area contributed by atoms with Crippen LogP contribution in [-0.4, -0.2) is 30.3 Å². The Labute approximate surface area is 203 Å². The van der Waals surface area contributed by atoms with E-state index in [9.17, 15) is 32.3 Å². The zero-order valence-corrected chi connectivity index (χ0v) is 19.0. The SMILES string of the molecule is CC1=C[C@H]2C[C@H]1[C@H]1C(=O)N(c3cccc(C(=O)OCC(=O)Nc4cccc(C(F)(F)F)c4)c3)C(=O)[C@H]12. The zero-order chi connectivity index (χ0) is 25.8. The van der Waals surface area contributed by atoms with Gasteiger partial charge in [-0.05, 0) is 61.6 Å². The summed E-state index contributed by atoms with van der Waals surface area (Å²) in [6, 6.07) is 9.89. The first-order valence-electron chi connectivity index (χ1n) is 11.3. The predicted molar refractivity (Wildman–Crippen MR) is 122 cm³/mol. The van der Waals surface area contributed by atoms with Gasteiger partial charge in [0.25, 0.3) is 5.91 Å². The van der Waals surface area contributed by atoms with Crippen LogP contribution in [0, 0.1) is 23.7 Å². The summed E-state index contributed by atoms with van der Waals surface area (Å²) in [4.78, 5) is 52.0. The minimum absolute atomic E-state index is 0.0225. The second-order valence-corrected chi connectivity index (χ2v) is 9.23. The highest BCUT2D eigenvalue weighted by Crippen LogP contribution is 2.55. The van der Waals surface area contributed by atoms with Crippen molar-refractivity contribution in [2.24, 2.45) is 23.7 Å². The minimum Gasteiger partial charge on any atom is -0.452 e. The van der Waals surface area contributed by atoms with Gasteiger partial charge < -0.3 is 10.1 Å². The molecule has 1 saturated carbocycles. The number of carbonyl (C=O) groups excluding carboxylic acids is 4. The molecule has 1 heterocycles. The molecule has 3 amide bonds. The molecular formula is C26H21F3N2O5. The van der Waals surface area contributed by atoms with E-state index >= 15 is 0 Å². The van der Waals surface area contributed by atoms with Crippen molar-refractivity contribution in [1.29, 1.82) is 0 Å². The van der Waals surface area contributed by atoms with Crippen molar-refractivity contribution in [3.63, 3.8) is 0 Å². The van der Waals surface area contributed by atoms with Crippen molar-refractivity contribution in [2.45, 2.75) is 19.5 Å². The van der Waals surface area contributed by atoms with Gasteiger partial charge >= 0.3 is 12.1 Å². The number of fused-ring (bicyclic) bond motifs is 5. The topological polar surface area (TPSA) is 92.8 Å². The van der Waals surface area contributed by atoms with Gasteiger partial charge in [0, 0.05) is 5.69 Å². The molecule has 2 fully saturated rings. The predicted octanol–water partition coefficient (Wildman–Crippen LogP) is 4.20. The summed E-state index contributed by atoms with van der Waals surface area (Å²) in [5, 5.41) is 2.25. The molecule has 1 saturated heterocycles. The second kappa shape index (κ2) is 8.61. The molecule has 5 rings (SSSR count). The molecule has 2 aliphatic carbocycles. The van der Waals surface area contributed by atoms with E-state index in [0.717, 1.165) is 35.1 Å². The Balaban J connectivity index is 1.23. The van der Waals surface area contributed by atoms with E-state index in [1.807, 2.05) is 6.92 Å². The first-order valence-corrected chi connectivity index (χ1v) is 11.3. The molecule has 36 heavy (non-hydrogen) atoms. The van der Waals surface area contributed by atoms with Crippen LogP contribution in [0.4, 0.5) is 24.5 Å². The maximum atomic E-state index is 13.1. The Morgan fingerprint density at radius 1 is 1.06 bits per heavy atom. The third kappa shape index (κ3) is 4.06. The lowest BCUT2D eigenvalue weighted by atomic mass is 9.82. The molecule has 2 bridgehead atoms. The molecule has 4 atom stereocenters. The zero-order valence-electron chi connectivity index (χ0n) is 19.0. The Morgan fingerprint density at radius 2 is 1.78 bits per heavy atom. The number of carbonyl (C=O) groups is 4. The van der Waals surface area contributed by atoms with E-state index in [0.29, 0.717) is 0 Å². The third-order valence-electron chi connectivity index (χ3n) is 7.03. The molecule has 0 spiro atoms. The van der Waals surface area contributed by atoms with Crippen LogP contribution in [0.2, 0.25) is 0 Å². The fourth-order valence-electron chi connectivity index (χ4n) is 5.49. The third-order valence-corrected chi connectivity index (χ3v) is 7.03. The lowest BCUT2D eigenvalue weighted by molar-refractivity contribution is -0.137. The smallest absolute Gasteiger partial charge is 0.416 e. The highest BCUT2D eigenvalue weighted by atomic mass is 19.4. The number of ether oxygens (including phenoxy) is 1. The van der Waals surface area contributed by atoms with Crippen LogP contribution in [0.1, 0.15) is 29.3 Å². The number of rotatable bonds is 5. The molecule has 10 heteroatoms. The first-order chi connectivity index (χ1) is 17.0. The van der Waals surface area contributed by atoms with Crippen LogP contribution in [0.15, 0.2) is 60.2 Å². The highest BCUT2D eigenvalue weighted by Gasteiger charge is 2.60. The Hall–Kier alpha value is -3.95. The number of benzene rings is 2. The van der Waals surface area contributed by atoms with Gasteiger partial charge in [0.1, 0.15) is 0 Å². The lowest BCUT2D eigenvalue weighted by Gasteiger charge is -2.19. The van der Waals surface area contributed by atoms with Crippen molar-refractivity contribution in [3.8, 4) is 0 Å². The van der Waals surface area contributed by atoms with Crippen LogP contribution in [0.3, 0.4) is 0 Å². The maximum Gasteiger partial charge on any atom is 0.416 e. The molecule has 0 unspecified atom stereocenters. The minimum atomic E-state index is -4.57. The van der Waals surface area contributed by atoms with Gasteiger partial charge in [0.05, 0.1) is 28.7 Å². The molecule has 0 radical (unpaired) electrons. The molecule has 1 N–H and O–H groups in total. The summed E-state index contributed by atoms with van der Waals surface area (Å²) >= 11 is 0. The Morgan fingerprint density at radius 3 is 2.53 bits per heavy atom. The number of hydrogen-bond acceptors (Lipinski definition) is 5. The summed E-state index contributed by atoms with van der Waals surface area (Å²) in [5.74, 6) is -2.94. The van der Waals surface area contributed by atoms with Crippen molar-refractivity contribution >= 4 is 35.1 Å². The molecule has 0 aromatic heterocycles. The number of allylic oxidation sites excluding steroid dienone is 2. The summed E-state index contributed by atoms with van der Waals surface area (Å²) in [7, 11) is 0.